The Morgan fingerprint density at radius 2 is 2.36 bits per heavy atom. The maximum atomic E-state index is 10.9. The van der Waals surface area contributed by atoms with Gasteiger partial charge in [-0.2, -0.15) is 5.21 Å². The van der Waals surface area contributed by atoms with Gasteiger partial charge in [0.1, 0.15) is 0 Å². The molecule has 0 spiro atoms. The lowest BCUT2D eigenvalue weighted by Crippen LogP contribution is -2.13. The van der Waals surface area contributed by atoms with E-state index in [1.54, 1.807) is 13.8 Å². The molecule has 11 heavy (non-hydrogen) atoms. The van der Waals surface area contributed by atoms with Crippen molar-refractivity contribution in [2.75, 3.05) is 0 Å². The number of nitrogens with one attached hydrogen (secondary N) is 1. The van der Waals surface area contributed by atoms with Crippen LogP contribution in [0, 0.1) is 0 Å². The third-order valence-electron chi connectivity index (χ3n) is 0.871. The number of hydrogen-bond donors (Lipinski definition) is 1. The standard InChI is InChI=1S/C5H8N4O2/c1-3(2)11-5(10)4-6-8-9-7-4/h3H,1-2H3,(H,6,7,8,9). The van der Waals surface area contributed by atoms with Crippen LogP contribution in [0.5, 0.6) is 0 Å². The number of rotatable bonds is 2. The predicted molar refractivity (Wildman–Crippen MR) is 34.7 cm³/mol. The van der Waals surface area contributed by atoms with E-state index in [2.05, 4.69) is 20.6 Å². The van der Waals surface area contributed by atoms with Gasteiger partial charge in [0.15, 0.2) is 0 Å². The first kappa shape index (κ1) is 7.64. The van der Waals surface area contributed by atoms with E-state index < -0.39 is 5.97 Å². The van der Waals surface area contributed by atoms with Gasteiger partial charge < -0.3 is 4.74 Å². The largest absolute Gasteiger partial charge is 0.457 e. The van der Waals surface area contributed by atoms with Gasteiger partial charge in [-0.05, 0) is 19.1 Å². The predicted octanol–water partition coefficient (Wildman–Crippen LogP) is -0.235. The molecule has 0 bridgehead atoms. The van der Waals surface area contributed by atoms with Crippen molar-refractivity contribution >= 4 is 5.97 Å². The number of H-pyrrole nitrogens is 1. The van der Waals surface area contributed by atoms with Crippen LogP contribution in [0.2, 0.25) is 0 Å². The number of hydrogen-bond acceptors (Lipinski definition) is 5. The van der Waals surface area contributed by atoms with Crippen LogP contribution in [0.1, 0.15) is 24.5 Å². The van der Waals surface area contributed by atoms with Crippen molar-refractivity contribution in [1.29, 1.82) is 0 Å². The Morgan fingerprint density at radius 3 is 2.82 bits per heavy atom. The molecule has 0 aromatic carbocycles. The van der Waals surface area contributed by atoms with Crippen LogP contribution >= 0.6 is 0 Å². The van der Waals surface area contributed by atoms with E-state index in [1.807, 2.05) is 0 Å². The summed E-state index contributed by atoms with van der Waals surface area (Å²) in [6, 6.07) is 0. The van der Waals surface area contributed by atoms with Crippen LogP contribution in [0.25, 0.3) is 0 Å². The van der Waals surface area contributed by atoms with Gasteiger partial charge >= 0.3 is 5.97 Å². The summed E-state index contributed by atoms with van der Waals surface area (Å²) in [5.41, 5.74) is 0. The molecule has 0 aliphatic carbocycles. The van der Waals surface area contributed by atoms with Crippen molar-refractivity contribution in [3.05, 3.63) is 5.82 Å². The van der Waals surface area contributed by atoms with Gasteiger partial charge in [-0.15, -0.1) is 10.2 Å². The fraction of sp³-hybridized carbons (Fsp3) is 0.600. The average molecular weight is 156 g/mol. The van der Waals surface area contributed by atoms with Crippen LogP contribution in [-0.2, 0) is 4.74 Å². The Labute approximate surface area is 62.9 Å². The van der Waals surface area contributed by atoms with Crippen molar-refractivity contribution in [3.63, 3.8) is 0 Å². The summed E-state index contributed by atoms with van der Waals surface area (Å²) in [5.74, 6) is -0.604. The van der Waals surface area contributed by atoms with Gasteiger partial charge in [0.2, 0.25) is 0 Å². The Kier molecular flexibility index (Phi) is 2.15. The van der Waals surface area contributed by atoms with Gasteiger partial charge in [-0.3, -0.25) is 0 Å². The molecule has 0 fully saturated rings. The molecule has 1 N–H and O–H groups in total. The summed E-state index contributed by atoms with van der Waals surface area (Å²) in [6.45, 7) is 3.50. The van der Waals surface area contributed by atoms with E-state index in [4.69, 9.17) is 4.74 Å². The highest BCUT2D eigenvalue weighted by Crippen LogP contribution is 1.94. The molecule has 0 radical (unpaired) electrons. The van der Waals surface area contributed by atoms with Gasteiger partial charge in [0.25, 0.3) is 5.82 Å². The smallest absolute Gasteiger partial charge is 0.380 e. The second-order valence-corrected chi connectivity index (χ2v) is 2.19. The summed E-state index contributed by atoms with van der Waals surface area (Å²) < 4.78 is 4.77. The zero-order chi connectivity index (χ0) is 8.27. The lowest BCUT2D eigenvalue weighted by atomic mass is 10.5. The number of aromatic nitrogens is 4. The minimum Gasteiger partial charge on any atom is -0.457 e. The lowest BCUT2D eigenvalue weighted by Gasteiger charge is -2.03. The Bertz CT molecular complexity index is 231. The van der Waals surface area contributed by atoms with Crippen molar-refractivity contribution in [1.82, 2.24) is 20.6 Å². The van der Waals surface area contributed by atoms with Crippen LogP contribution in [0.4, 0.5) is 0 Å². The zero-order valence-corrected chi connectivity index (χ0v) is 6.24. The molecule has 0 unspecified atom stereocenters. The van der Waals surface area contributed by atoms with Crippen LogP contribution in [-0.4, -0.2) is 32.7 Å². The fourth-order valence-electron chi connectivity index (χ4n) is 0.515. The maximum Gasteiger partial charge on any atom is 0.380 e. The first-order valence-corrected chi connectivity index (χ1v) is 3.14. The molecule has 0 saturated carbocycles. The molecule has 0 aliphatic rings. The fourth-order valence-corrected chi connectivity index (χ4v) is 0.515. The third-order valence-corrected chi connectivity index (χ3v) is 0.871. The topological polar surface area (TPSA) is 80.8 Å². The van der Waals surface area contributed by atoms with E-state index in [9.17, 15) is 4.79 Å². The first-order chi connectivity index (χ1) is 5.20. The number of ether oxygens (including phenoxy) is 1. The summed E-state index contributed by atoms with van der Waals surface area (Å²) in [6.07, 6.45) is -0.166. The van der Waals surface area contributed by atoms with Crippen molar-refractivity contribution < 1.29 is 9.53 Å². The quantitative estimate of drug-likeness (QED) is 0.598. The van der Waals surface area contributed by atoms with Gasteiger partial charge in [0, 0.05) is 0 Å². The highest BCUT2D eigenvalue weighted by molar-refractivity contribution is 5.84. The molecule has 1 aromatic rings. The van der Waals surface area contributed by atoms with E-state index >= 15 is 0 Å². The second-order valence-electron chi connectivity index (χ2n) is 2.19. The number of tetrazole rings is 1. The second kappa shape index (κ2) is 3.09. The summed E-state index contributed by atoms with van der Waals surface area (Å²) in [7, 11) is 0. The molecule has 0 atom stereocenters. The highest BCUT2D eigenvalue weighted by atomic mass is 16.5. The molecule has 1 rings (SSSR count). The SMILES string of the molecule is CC(C)OC(=O)c1nn[nH]n1. The molecule has 0 aliphatic heterocycles. The summed E-state index contributed by atoms with van der Waals surface area (Å²) >= 11 is 0. The maximum absolute atomic E-state index is 10.9. The normalized spacial score (nSPS) is 10.1. The Morgan fingerprint density at radius 1 is 1.64 bits per heavy atom. The molecule has 0 saturated heterocycles. The van der Waals surface area contributed by atoms with Crippen LogP contribution in [0.15, 0.2) is 0 Å². The highest BCUT2D eigenvalue weighted by Gasteiger charge is 2.12. The number of aromatic amines is 1. The van der Waals surface area contributed by atoms with E-state index in [0.717, 1.165) is 0 Å². The monoisotopic (exact) mass is 156 g/mol. The minimum atomic E-state index is -0.561. The molecule has 6 heteroatoms. The Balaban J connectivity index is 2.57. The Hall–Kier alpha value is -1.46. The number of carbonyl (C=O) groups is 1. The molecular formula is C5H8N4O2. The van der Waals surface area contributed by atoms with Gasteiger partial charge in [0.05, 0.1) is 6.10 Å². The summed E-state index contributed by atoms with van der Waals surface area (Å²) in [4.78, 5) is 10.9. The average Bonchev–Trinajstić information content (AvgIpc) is 2.35. The van der Waals surface area contributed by atoms with Crippen molar-refractivity contribution in [2.24, 2.45) is 0 Å². The van der Waals surface area contributed by atoms with Crippen LogP contribution in [0.3, 0.4) is 0 Å². The molecule has 1 heterocycles. The van der Waals surface area contributed by atoms with Crippen LogP contribution < -0.4 is 0 Å². The zero-order valence-electron chi connectivity index (χ0n) is 6.24. The van der Waals surface area contributed by atoms with Gasteiger partial charge in [-0.25, -0.2) is 4.79 Å². The number of carbonyl (C=O) groups excluding carboxylic acids is 1. The lowest BCUT2D eigenvalue weighted by molar-refractivity contribution is 0.0363. The third kappa shape index (κ3) is 1.99. The molecule has 0 amide bonds. The molecule has 60 valence electrons. The minimum absolute atomic E-state index is 0.0429. The molecule has 6 nitrogen and oxygen atoms in total. The van der Waals surface area contributed by atoms with Crippen molar-refractivity contribution in [3.8, 4) is 0 Å². The van der Waals surface area contributed by atoms with Gasteiger partial charge in [-0.1, -0.05) is 0 Å². The molecular weight excluding hydrogens is 148 g/mol. The van der Waals surface area contributed by atoms with E-state index in [0.29, 0.717) is 0 Å². The van der Waals surface area contributed by atoms with E-state index in [-0.39, 0.29) is 11.9 Å². The summed E-state index contributed by atoms with van der Waals surface area (Å²) in [5, 5.41) is 12.3. The first-order valence-electron chi connectivity index (χ1n) is 3.14. The van der Waals surface area contributed by atoms with E-state index in [1.165, 1.54) is 0 Å². The number of esters is 1. The molecule has 1 aromatic heterocycles. The number of nitrogens with zero attached hydrogens (tertiary/aromatic N) is 3. The van der Waals surface area contributed by atoms with Crippen molar-refractivity contribution in [2.45, 2.75) is 20.0 Å².